The molecule has 0 unspecified atom stereocenters. The third-order valence-corrected chi connectivity index (χ3v) is 3.74. The molecule has 1 fully saturated rings. The summed E-state index contributed by atoms with van der Waals surface area (Å²) in [5, 5.41) is 15.1. The molecule has 3 aromatic rings. The molecule has 3 aromatic heterocycles. The monoisotopic (exact) mass is 273 g/mol. The van der Waals surface area contributed by atoms with Gasteiger partial charge < -0.3 is 4.52 Å². The van der Waals surface area contributed by atoms with Crippen LogP contribution < -0.4 is 0 Å². The Morgan fingerprint density at radius 1 is 1.37 bits per heavy atom. The zero-order valence-corrected chi connectivity index (χ0v) is 10.9. The van der Waals surface area contributed by atoms with Crippen LogP contribution in [0.1, 0.15) is 36.3 Å². The Balaban J connectivity index is 1.52. The van der Waals surface area contributed by atoms with Crippen molar-refractivity contribution in [3.8, 4) is 11.4 Å². The maximum Gasteiger partial charge on any atom is 0.234 e. The minimum Gasteiger partial charge on any atom is -0.338 e. The van der Waals surface area contributed by atoms with Crippen molar-refractivity contribution < 1.29 is 4.52 Å². The fourth-order valence-corrected chi connectivity index (χ4v) is 2.53. The van der Waals surface area contributed by atoms with Crippen molar-refractivity contribution in [1.29, 1.82) is 0 Å². The first-order valence-corrected chi connectivity index (χ1v) is 7.09. The fraction of sp³-hybridized carbons (Fsp3) is 0.333. The van der Waals surface area contributed by atoms with E-state index in [1.54, 1.807) is 11.3 Å². The van der Waals surface area contributed by atoms with Gasteiger partial charge in [0, 0.05) is 16.9 Å². The quantitative estimate of drug-likeness (QED) is 0.789. The van der Waals surface area contributed by atoms with Crippen LogP contribution in [0.3, 0.4) is 0 Å². The molecule has 1 aliphatic carbocycles. The number of nitrogens with zero attached hydrogens (tertiary/aromatic N) is 4. The summed E-state index contributed by atoms with van der Waals surface area (Å²) in [6.07, 6.45) is 2.89. The molecule has 96 valence electrons. The molecule has 1 N–H and O–H groups in total. The number of rotatable bonds is 4. The standard InChI is InChI=1S/C12H11N5OS/c1-2-7(1)11-13-9(15-16-11)5-10-14-12(17-18-10)8-3-4-19-6-8/h3-4,6-7H,1-2,5H2,(H,13,15,16). The van der Waals surface area contributed by atoms with Crippen molar-refractivity contribution in [3.63, 3.8) is 0 Å². The Labute approximate surface area is 112 Å². The van der Waals surface area contributed by atoms with Crippen LogP contribution in [0.2, 0.25) is 0 Å². The highest BCUT2D eigenvalue weighted by atomic mass is 32.1. The van der Waals surface area contributed by atoms with Crippen LogP contribution in [-0.2, 0) is 6.42 Å². The molecule has 19 heavy (non-hydrogen) atoms. The molecule has 0 saturated heterocycles. The molecule has 1 saturated carbocycles. The summed E-state index contributed by atoms with van der Waals surface area (Å²) >= 11 is 1.61. The molecule has 7 heteroatoms. The van der Waals surface area contributed by atoms with Gasteiger partial charge in [-0.15, -0.1) is 0 Å². The van der Waals surface area contributed by atoms with Gasteiger partial charge in [-0.25, -0.2) is 4.98 Å². The number of hydrogen-bond donors (Lipinski definition) is 1. The van der Waals surface area contributed by atoms with Crippen LogP contribution in [-0.4, -0.2) is 25.3 Å². The summed E-state index contributed by atoms with van der Waals surface area (Å²) in [7, 11) is 0. The Hall–Kier alpha value is -2.02. The van der Waals surface area contributed by atoms with Crippen LogP contribution in [0.25, 0.3) is 11.4 Å². The molecule has 0 radical (unpaired) electrons. The average Bonchev–Trinajstić information content (AvgIpc) is 2.90. The second-order valence-corrected chi connectivity index (χ2v) is 5.40. The van der Waals surface area contributed by atoms with Crippen molar-refractivity contribution in [1.82, 2.24) is 25.3 Å². The topological polar surface area (TPSA) is 80.5 Å². The van der Waals surface area contributed by atoms with Crippen LogP contribution in [0, 0.1) is 0 Å². The van der Waals surface area contributed by atoms with Gasteiger partial charge in [-0.3, -0.25) is 5.10 Å². The normalized spacial score (nSPS) is 14.9. The van der Waals surface area contributed by atoms with Crippen molar-refractivity contribution in [2.75, 3.05) is 0 Å². The Kier molecular flexibility index (Phi) is 2.44. The van der Waals surface area contributed by atoms with Crippen molar-refractivity contribution >= 4 is 11.3 Å². The third-order valence-electron chi connectivity index (χ3n) is 3.06. The molecular formula is C12H11N5OS. The first-order chi connectivity index (χ1) is 9.38. The van der Waals surface area contributed by atoms with E-state index < -0.39 is 0 Å². The third kappa shape index (κ3) is 2.17. The molecule has 1 aliphatic rings. The fourth-order valence-electron chi connectivity index (χ4n) is 1.89. The molecule has 0 bridgehead atoms. The summed E-state index contributed by atoms with van der Waals surface area (Å²) in [6.45, 7) is 0. The van der Waals surface area contributed by atoms with Crippen LogP contribution in [0.15, 0.2) is 21.3 Å². The highest BCUT2D eigenvalue weighted by Crippen LogP contribution is 2.37. The Bertz CT molecular complexity index is 683. The van der Waals surface area contributed by atoms with Gasteiger partial charge in [0.2, 0.25) is 11.7 Å². The largest absolute Gasteiger partial charge is 0.338 e. The van der Waals surface area contributed by atoms with E-state index in [0.717, 1.165) is 17.2 Å². The lowest BCUT2D eigenvalue weighted by Crippen LogP contribution is -1.91. The SMILES string of the molecule is c1cc(-c2noc(Cc3nc(C4CC4)n[nH]3)n2)cs1. The summed E-state index contributed by atoms with van der Waals surface area (Å²) in [5.41, 5.74) is 0.983. The molecule has 4 rings (SSSR count). The lowest BCUT2D eigenvalue weighted by atomic mass is 10.3. The minimum atomic E-state index is 0.497. The summed E-state index contributed by atoms with van der Waals surface area (Å²) < 4.78 is 5.23. The molecule has 0 aliphatic heterocycles. The number of aromatic nitrogens is 5. The summed E-state index contributed by atoms with van der Waals surface area (Å²) in [4.78, 5) is 8.81. The minimum absolute atomic E-state index is 0.497. The van der Waals surface area contributed by atoms with Crippen LogP contribution in [0.4, 0.5) is 0 Å². The smallest absolute Gasteiger partial charge is 0.234 e. The number of hydrogen-bond acceptors (Lipinski definition) is 6. The van der Waals surface area contributed by atoms with Crippen molar-refractivity contribution in [2.24, 2.45) is 0 Å². The summed E-state index contributed by atoms with van der Waals surface area (Å²) in [5.74, 6) is 3.42. The maximum atomic E-state index is 5.23. The second-order valence-electron chi connectivity index (χ2n) is 4.62. The lowest BCUT2D eigenvalue weighted by Gasteiger charge is -1.87. The molecule has 0 aromatic carbocycles. The lowest BCUT2D eigenvalue weighted by molar-refractivity contribution is 0.384. The van der Waals surface area contributed by atoms with Gasteiger partial charge in [0.25, 0.3) is 0 Å². The molecule has 6 nitrogen and oxygen atoms in total. The van der Waals surface area contributed by atoms with Crippen LogP contribution >= 0.6 is 11.3 Å². The molecule has 0 amide bonds. The van der Waals surface area contributed by atoms with Gasteiger partial charge in [-0.2, -0.15) is 21.4 Å². The molecule has 3 heterocycles. The second kappa shape index (κ2) is 4.27. The highest BCUT2D eigenvalue weighted by Gasteiger charge is 2.27. The zero-order chi connectivity index (χ0) is 12.7. The van der Waals surface area contributed by atoms with Gasteiger partial charge in [0.15, 0.2) is 5.82 Å². The molecular weight excluding hydrogens is 262 g/mol. The predicted molar refractivity (Wildman–Crippen MR) is 68.8 cm³/mol. The van der Waals surface area contributed by atoms with E-state index in [9.17, 15) is 0 Å². The van der Waals surface area contributed by atoms with Crippen LogP contribution in [0.5, 0.6) is 0 Å². The van der Waals surface area contributed by atoms with E-state index in [1.807, 2.05) is 16.8 Å². The summed E-state index contributed by atoms with van der Waals surface area (Å²) in [6, 6.07) is 1.97. The van der Waals surface area contributed by atoms with Gasteiger partial charge >= 0.3 is 0 Å². The van der Waals surface area contributed by atoms with Crippen molar-refractivity contribution in [2.45, 2.75) is 25.2 Å². The van der Waals surface area contributed by atoms with E-state index >= 15 is 0 Å². The Morgan fingerprint density at radius 2 is 2.32 bits per heavy atom. The zero-order valence-electron chi connectivity index (χ0n) is 10.0. The Morgan fingerprint density at radius 3 is 3.11 bits per heavy atom. The van der Waals surface area contributed by atoms with Gasteiger partial charge in [0.05, 0.1) is 6.42 Å². The van der Waals surface area contributed by atoms with Gasteiger partial charge in [-0.05, 0) is 24.3 Å². The van der Waals surface area contributed by atoms with Gasteiger partial charge in [0.1, 0.15) is 5.82 Å². The van der Waals surface area contributed by atoms with Crippen molar-refractivity contribution in [3.05, 3.63) is 34.4 Å². The van der Waals surface area contributed by atoms with E-state index in [1.165, 1.54) is 12.8 Å². The van der Waals surface area contributed by atoms with E-state index in [2.05, 4.69) is 25.3 Å². The average molecular weight is 273 g/mol. The number of aromatic amines is 1. The number of H-pyrrole nitrogens is 1. The van der Waals surface area contributed by atoms with E-state index in [-0.39, 0.29) is 0 Å². The van der Waals surface area contributed by atoms with E-state index in [0.29, 0.717) is 24.1 Å². The maximum absolute atomic E-state index is 5.23. The predicted octanol–water partition coefficient (Wildman–Crippen LogP) is 2.38. The molecule has 0 spiro atoms. The van der Waals surface area contributed by atoms with Gasteiger partial charge in [-0.1, -0.05) is 5.16 Å². The first kappa shape index (κ1) is 10.9. The number of thiophene rings is 1. The number of nitrogens with one attached hydrogen (secondary N) is 1. The first-order valence-electron chi connectivity index (χ1n) is 6.15. The molecule has 0 atom stereocenters. The highest BCUT2D eigenvalue weighted by molar-refractivity contribution is 7.08. The van der Waals surface area contributed by atoms with E-state index in [4.69, 9.17) is 4.52 Å².